The molecule has 0 saturated heterocycles. The number of hydrogen-bond acceptors (Lipinski definition) is 2. The van der Waals surface area contributed by atoms with Gasteiger partial charge in [0.25, 0.3) is 5.97 Å². The fourth-order valence-electron chi connectivity index (χ4n) is 0.683. The number of benzene rings is 1. The molecular weight excluding hydrogens is 206 g/mol. The van der Waals surface area contributed by atoms with Crippen LogP contribution in [0.3, 0.4) is 0 Å². The minimum atomic E-state index is -0.833. The first kappa shape index (κ1) is 19.0. The number of carbonyl (C=O) groups is 1. The SMILES string of the molecule is CC(=O)O.CCOc1ccccc1.F.F. The second kappa shape index (κ2) is 12.3. The van der Waals surface area contributed by atoms with Crippen LogP contribution in [0.1, 0.15) is 13.8 Å². The summed E-state index contributed by atoms with van der Waals surface area (Å²) in [7, 11) is 0. The Bertz CT molecular complexity index is 236. The van der Waals surface area contributed by atoms with Gasteiger partial charge >= 0.3 is 0 Å². The molecular formula is C10H16F2O3. The van der Waals surface area contributed by atoms with Crippen molar-refractivity contribution in [2.75, 3.05) is 6.61 Å². The summed E-state index contributed by atoms with van der Waals surface area (Å²) in [6, 6.07) is 9.80. The largest absolute Gasteiger partial charge is 0.494 e. The molecule has 0 bridgehead atoms. The van der Waals surface area contributed by atoms with Crippen molar-refractivity contribution >= 4 is 5.97 Å². The summed E-state index contributed by atoms with van der Waals surface area (Å²) in [5.74, 6) is 0.111. The Morgan fingerprint density at radius 2 is 1.67 bits per heavy atom. The Labute approximate surface area is 87.4 Å². The topological polar surface area (TPSA) is 46.5 Å². The van der Waals surface area contributed by atoms with Crippen molar-refractivity contribution in [2.45, 2.75) is 13.8 Å². The van der Waals surface area contributed by atoms with Crippen molar-refractivity contribution in [3.05, 3.63) is 30.3 Å². The summed E-state index contributed by atoms with van der Waals surface area (Å²) in [6.45, 7) is 3.80. The molecule has 3 nitrogen and oxygen atoms in total. The molecule has 1 aromatic rings. The van der Waals surface area contributed by atoms with Gasteiger partial charge in [-0.25, -0.2) is 0 Å². The van der Waals surface area contributed by atoms with E-state index in [0.29, 0.717) is 0 Å². The fourth-order valence-corrected chi connectivity index (χ4v) is 0.683. The Kier molecular flexibility index (Phi) is 15.6. The Morgan fingerprint density at radius 3 is 2.00 bits per heavy atom. The quantitative estimate of drug-likeness (QED) is 0.836. The zero-order chi connectivity index (χ0) is 10.1. The number of halogens is 2. The van der Waals surface area contributed by atoms with E-state index in [2.05, 4.69) is 0 Å². The van der Waals surface area contributed by atoms with Gasteiger partial charge in [0.2, 0.25) is 0 Å². The standard InChI is InChI=1S/C8H10O.C2H4O2.2FH/c1-2-9-8-6-4-3-5-7-8;1-2(3)4;;/h3-7H,2H2,1H3;1H3,(H,3,4);2*1H. The number of rotatable bonds is 2. The molecule has 0 fully saturated rings. The van der Waals surface area contributed by atoms with E-state index in [1.165, 1.54) is 0 Å². The summed E-state index contributed by atoms with van der Waals surface area (Å²) >= 11 is 0. The minimum absolute atomic E-state index is 0. The van der Waals surface area contributed by atoms with Gasteiger partial charge in [0.1, 0.15) is 5.75 Å². The van der Waals surface area contributed by atoms with E-state index >= 15 is 0 Å². The molecule has 1 rings (SSSR count). The van der Waals surface area contributed by atoms with Gasteiger partial charge in [-0.05, 0) is 19.1 Å². The Hall–Kier alpha value is -1.65. The highest BCUT2D eigenvalue weighted by Gasteiger charge is 1.83. The van der Waals surface area contributed by atoms with Gasteiger partial charge in [0.15, 0.2) is 0 Å². The average Bonchev–Trinajstić information content (AvgIpc) is 2.06. The summed E-state index contributed by atoms with van der Waals surface area (Å²) in [6.07, 6.45) is 0. The molecule has 1 aromatic carbocycles. The molecule has 0 heterocycles. The molecule has 1 N–H and O–H groups in total. The summed E-state index contributed by atoms with van der Waals surface area (Å²) in [4.78, 5) is 9.00. The number of carboxylic acids is 1. The van der Waals surface area contributed by atoms with Crippen molar-refractivity contribution in [2.24, 2.45) is 0 Å². The van der Waals surface area contributed by atoms with E-state index in [1.54, 1.807) is 0 Å². The first-order chi connectivity index (χ1) is 6.16. The lowest BCUT2D eigenvalue weighted by molar-refractivity contribution is -0.134. The van der Waals surface area contributed by atoms with Gasteiger partial charge in [-0.3, -0.25) is 14.2 Å². The molecule has 0 saturated carbocycles. The number of hydrogen-bond donors (Lipinski definition) is 1. The van der Waals surface area contributed by atoms with E-state index in [9.17, 15) is 0 Å². The lowest BCUT2D eigenvalue weighted by Crippen LogP contribution is -1.89. The fraction of sp³-hybridized carbons (Fsp3) is 0.300. The molecule has 0 aromatic heterocycles. The number of carboxylic acid groups (broad SMARTS) is 1. The molecule has 5 heteroatoms. The van der Waals surface area contributed by atoms with E-state index in [-0.39, 0.29) is 9.41 Å². The normalized spacial score (nSPS) is 7.07. The molecule has 0 amide bonds. The maximum Gasteiger partial charge on any atom is 0.300 e. The molecule has 0 aliphatic heterocycles. The van der Waals surface area contributed by atoms with Gasteiger partial charge in [-0.2, -0.15) is 0 Å². The van der Waals surface area contributed by atoms with Gasteiger partial charge in [-0.15, -0.1) is 0 Å². The monoisotopic (exact) mass is 222 g/mol. The van der Waals surface area contributed by atoms with Crippen molar-refractivity contribution in [1.29, 1.82) is 0 Å². The highest BCUT2D eigenvalue weighted by Crippen LogP contribution is 2.06. The first-order valence-corrected chi connectivity index (χ1v) is 4.04. The molecule has 15 heavy (non-hydrogen) atoms. The maximum absolute atomic E-state index is 9.00. The van der Waals surface area contributed by atoms with Crippen LogP contribution < -0.4 is 4.74 Å². The van der Waals surface area contributed by atoms with Crippen LogP contribution in [0.4, 0.5) is 9.41 Å². The third-order valence-corrected chi connectivity index (χ3v) is 1.05. The predicted octanol–water partition coefficient (Wildman–Crippen LogP) is 2.48. The second-order valence-electron chi connectivity index (χ2n) is 2.27. The summed E-state index contributed by atoms with van der Waals surface area (Å²) in [5, 5.41) is 7.42. The minimum Gasteiger partial charge on any atom is -0.494 e. The Morgan fingerprint density at radius 1 is 1.27 bits per heavy atom. The van der Waals surface area contributed by atoms with E-state index < -0.39 is 5.97 Å². The van der Waals surface area contributed by atoms with Crippen LogP contribution in [-0.4, -0.2) is 17.7 Å². The van der Waals surface area contributed by atoms with Crippen LogP contribution >= 0.6 is 0 Å². The van der Waals surface area contributed by atoms with Crippen LogP contribution in [0.2, 0.25) is 0 Å². The molecule has 0 atom stereocenters. The second-order valence-corrected chi connectivity index (χ2v) is 2.27. The maximum atomic E-state index is 9.00. The third kappa shape index (κ3) is 15.1. The van der Waals surface area contributed by atoms with E-state index in [4.69, 9.17) is 14.6 Å². The predicted molar refractivity (Wildman–Crippen MR) is 55.9 cm³/mol. The van der Waals surface area contributed by atoms with Crippen LogP contribution in [0.15, 0.2) is 30.3 Å². The summed E-state index contributed by atoms with van der Waals surface area (Å²) < 4.78 is 5.21. The molecule has 0 spiro atoms. The lowest BCUT2D eigenvalue weighted by Gasteiger charge is -1.99. The van der Waals surface area contributed by atoms with Crippen molar-refractivity contribution in [1.82, 2.24) is 0 Å². The van der Waals surface area contributed by atoms with Gasteiger partial charge in [-0.1, -0.05) is 18.2 Å². The van der Waals surface area contributed by atoms with E-state index in [0.717, 1.165) is 19.3 Å². The third-order valence-electron chi connectivity index (χ3n) is 1.05. The molecule has 88 valence electrons. The van der Waals surface area contributed by atoms with Crippen LogP contribution in [0.25, 0.3) is 0 Å². The van der Waals surface area contributed by atoms with E-state index in [1.807, 2.05) is 37.3 Å². The van der Waals surface area contributed by atoms with Crippen LogP contribution in [0, 0.1) is 0 Å². The van der Waals surface area contributed by atoms with Crippen molar-refractivity contribution in [3.63, 3.8) is 0 Å². The molecule has 0 unspecified atom stereocenters. The molecule has 0 aliphatic rings. The highest BCUT2D eigenvalue weighted by atomic mass is 19.0. The van der Waals surface area contributed by atoms with Gasteiger partial charge in [0.05, 0.1) is 6.61 Å². The van der Waals surface area contributed by atoms with Crippen LogP contribution in [0.5, 0.6) is 5.75 Å². The van der Waals surface area contributed by atoms with Crippen LogP contribution in [-0.2, 0) is 4.79 Å². The highest BCUT2D eigenvalue weighted by molar-refractivity contribution is 5.62. The smallest absolute Gasteiger partial charge is 0.300 e. The number of ether oxygens (including phenoxy) is 1. The van der Waals surface area contributed by atoms with Crippen molar-refractivity contribution in [3.8, 4) is 5.75 Å². The Balaban J connectivity index is -0.000000213. The number of aliphatic carboxylic acids is 1. The lowest BCUT2D eigenvalue weighted by atomic mass is 10.3. The zero-order valence-electron chi connectivity index (χ0n) is 8.67. The van der Waals surface area contributed by atoms with Gasteiger partial charge < -0.3 is 9.84 Å². The first-order valence-electron chi connectivity index (χ1n) is 4.04. The van der Waals surface area contributed by atoms with Gasteiger partial charge in [0, 0.05) is 6.92 Å². The zero-order valence-corrected chi connectivity index (χ0v) is 8.67. The molecule has 0 radical (unpaired) electrons. The molecule has 0 aliphatic carbocycles. The summed E-state index contributed by atoms with van der Waals surface area (Å²) in [5.41, 5.74) is 0. The van der Waals surface area contributed by atoms with Crippen molar-refractivity contribution < 1.29 is 24.0 Å². The average molecular weight is 222 g/mol. The number of para-hydroxylation sites is 1.